The van der Waals surface area contributed by atoms with Gasteiger partial charge in [-0.05, 0) is 97.9 Å². The minimum Gasteiger partial charge on any atom is -0.204 e. The van der Waals surface area contributed by atoms with Crippen molar-refractivity contribution in [1.82, 2.24) is 0 Å². The van der Waals surface area contributed by atoms with Crippen LogP contribution in [0.15, 0.2) is 75.4 Å². The van der Waals surface area contributed by atoms with Gasteiger partial charge in [0.05, 0.1) is 0 Å². The van der Waals surface area contributed by atoms with Gasteiger partial charge in [0.15, 0.2) is 23.3 Å². The summed E-state index contributed by atoms with van der Waals surface area (Å²) in [4.78, 5) is 1.88. The van der Waals surface area contributed by atoms with Crippen molar-refractivity contribution >= 4 is 33.5 Å². The van der Waals surface area contributed by atoms with Crippen molar-refractivity contribution in [1.29, 1.82) is 0 Å². The molecule has 124 valence electrons. The van der Waals surface area contributed by atoms with Crippen LogP contribution >= 0.6 is 33.5 Å². The van der Waals surface area contributed by atoms with Gasteiger partial charge in [-0.1, -0.05) is 0 Å². The van der Waals surface area contributed by atoms with E-state index in [1.165, 1.54) is 12.1 Å². The summed E-state index contributed by atoms with van der Waals surface area (Å²) in [7, 11) is -1.33. The van der Waals surface area contributed by atoms with E-state index in [1.807, 2.05) is 24.3 Å². The molecule has 3 rings (SSSR count). The molecule has 0 N–H and O–H groups in total. The van der Waals surface area contributed by atoms with Crippen LogP contribution in [0.1, 0.15) is 0 Å². The maximum atomic E-state index is 13.7. The molecule has 0 aliphatic carbocycles. The molecule has 0 spiro atoms. The highest BCUT2D eigenvalue weighted by atomic mass is 127. The zero-order chi connectivity index (χ0) is 17.3. The number of hydrogen-bond acceptors (Lipinski definition) is 0. The van der Waals surface area contributed by atoms with E-state index in [1.54, 1.807) is 0 Å². The fourth-order valence-corrected chi connectivity index (χ4v) is 4.92. The molecule has 0 bridgehead atoms. The molecule has 24 heavy (non-hydrogen) atoms. The highest BCUT2D eigenvalue weighted by Crippen LogP contribution is 2.51. The summed E-state index contributed by atoms with van der Waals surface area (Å²) < 4.78 is 54.9. The van der Waals surface area contributed by atoms with Gasteiger partial charge < -0.3 is 0 Å². The van der Waals surface area contributed by atoms with Crippen molar-refractivity contribution in [3.05, 3.63) is 87.5 Å². The van der Waals surface area contributed by atoms with Crippen LogP contribution in [0.4, 0.5) is 17.6 Å². The van der Waals surface area contributed by atoms with Crippen LogP contribution < -0.4 is 0 Å². The molecular formula is C18H11F4IS. The van der Waals surface area contributed by atoms with E-state index in [0.717, 1.165) is 32.7 Å². The Morgan fingerprint density at radius 3 is 1.38 bits per heavy atom. The van der Waals surface area contributed by atoms with Crippen LogP contribution in [0.5, 0.6) is 0 Å². The second-order valence-corrected chi connectivity index (χ2v) is 8.47. The zero-order valence-electron chi connectivity index (χ0n) is 12.1. The monoisotopic (exact) mass is 462 g/mol. The first-order valence-corrected chi connectivity index (χ1v) is 9.33. The number of hydrogen-bond donors (Lipinski definition) is 1. The molecule has 0 heterocycles. The zero-order valence-corrected chi connectivity index (χ0v) is 15.2. The largest absolute Gasteiger partial charge is 0.204 e. The Morgan fingerprint density at radius 1 is 0.542 bits per heavy atom. The Hall–Kier alpha value is -1.54. The van der Waals surface area contributed by atoms with E-state index < -0.39 is 34.2 Å². The molecule has 0 aromatic heterocycles. The van der Waals surface area contributed by atoms with Gasteiger partial charge in [0.2, 0.25) is 0 Å². The van der Waals surface area contributed by atoms with Gasteiger partial charge in [-0.25, -0.2) is 17.6 Å². The van der Waals surface area contributed by atoms with Crippen LogP contribution in [-0.4, -0.2) is 0 Å². The standard InChI is InChI=1S/C18H11F4IS/c19-15-7-5-13(9-17(15)21)24(12-3-1-11(23)2-4-12)14-6-8-16(20)18(22)10-14/h1-10,24H. The lowest BCUT2D eigenvalue weighted by molar-refractivity contribution is 0.505. The highest BCUT2D eigenvalue weighted by molar-refractivity contribution is 14.1. The maximum Gasteiger partial charge on any atom is 0.159 e. The van der Waals surface area contributed by atoms with Crippen LogP contribution in [-0.2, 0) is 0 Å². The number of benzene rings is 3. The third-order valence-electron chi connectivity index (χ3n) is 3.41. The Labute approximate surface area is 153 Å². The molecule has 0 saturated heterocycles. The third kappa shape index (κ3) is 3.59. The van der Waals surface area contributed by atoms with Gasteiger partial charge in [-0.2, -0.15) is 10.9 Å². The van der Waals surface area contributed by atoms with E-state index in [9.17, 15) is 17.6 Å². The molecule has 0 fully saturated rings. The topological polar surface area (TPSA) is 0 Å². The molecular weight excluding hydrogens is 451 g/mol. The number of thiol groups is 1. The van der Waals surface area contributed by atoms with Crippen molar-refractivity contribution in [3.8, 4) is 0 Å². The van der Waals surface area contributed by atoms with Crippen LogP contribution in [0.2, 0.25) is 0 Å². The van der Waals surface area contributed by atoms with Gasteiger partial charge >= 0.3 is 0 Å². The lowest BCUT2D eigenvalue weighted by Gasteiger charge is -2.23. The van der Waals surface area contributed by atoms with Crippen LogP contribution in [0.25, 0.3) is 0 Å². The smallest absolute Gasteiger partial charge is 0.159 e. The molecule has 3 aromatic carbocycles. The molecule has 0 amide bonds. The Morgan fingerprint density at radius 2 is 0.958 bits per heavy atom. The lowest BCUT2D eigenvalue weighted by Crippen LogP contribution is -1.93. The molecule has 0 aliphatic rings. The molecule has 3 aromatic rings. The summed E-state index contributed by atoms with van der Waals surface area (Å²) in [5.74, 6) is -3.82. The van der Waals surface area contributed by atoms with Gasteiger partial charge in [0.25, 0.3) is 0 Å². The summed E-state index contributed by atoms with van der Waals surface area (Å²) in [5, 5.41) is 0. The third-order valence-corrected chi connectivity index (χ3v) is 6.53. The first-order chi connectivity index (χ1) is 11.5. The predicted octanol–water partition coefficient (Wildman–Crippen LogP) is 6.33. The second-order valence-electron chi connectivity index (χ2n) is 5.01. The summed E-state index contributed by atoms with van der Waals surface area (Å²) in [6.45, 7) is 0. The average molecular weight is 462 g/mol. The summed E-state index contributed by atoms with van der Waals surface area (Å²) in [6, 6.07) is 14.7. The highest BCUT2D eigenvalue weighted by Gasteiger charge is 2.16. The average Bonchev–Trinajstić information content (AvgIpc) is 2.56. The van der Waals surface area contributed by atoms with Crippen LogP contribution in [0, 0.1) is 26.8 Å². The number of rotatable bonds is 3. The Bertz CT molecular complexity index is 829. The van der Waals surface area contributed by atoms with E-state index in [4.69, 9.17) is 0 Å². The molecule has 0 radical (unpaired) electrons. The first kappa shape index (κ1) is 17.3. The van der Waals surface area contributed by atoms with Gasteiger partial charge in [0.1, 0.15) is 0 Å². The summed E-state index contributed by atoms with van der Waals surface area (Å²) in [5.41, 5.74) is 0. The molecule has 0 nitrogen and oxygen atoms in total. The minimum atomic E-state index is -1.33. The minimum absolute atomic E-state index is 0.524. The van der Waals surface area contributed by atoms with Crippen molar-refractivity contribution in [2.45, 2.75) is 14.7 Å². The second kappa shape index (κ2) is 7.14. The van der Waals surface area contributed by atoms with E-state index in [-0.39, 0.29) is 0 Å². The van der Waals surface area contributed by atoms with Crippen molar-refractivity contribution in [3.63, 3.8) is 0 Å². The molecule has 0 saturated carbocycles. The number of halogens is 5. The maximum absolute atomic E-state index is 13.7. The van der Waals surface area contributed by atoms with Gasteiger partial charge in [-0.3, -0.25) is 0 Å². The van der Waals surface area contributed by atoms with E-state index >= 15 is 0 Å². The Balaban J connectivity index is 2.17. The quantitative estimate of drug-likeness (QED) is 0.263. The fraction of sp³-hybridized carbons (Fsp3) is 0. The lowest BCUT2D eigenvalue weighted by atomic mass is 10.3. The SMILES string of the molecule is Fc1ccc([SH](c2ccc(I)cc2)c2ccc(F)c(F)c2)cc1F. The molecule has 0 atom stereocenters. The van der Waals surface area contributed by atoms with Crippen LogP contribution in [0.3, 0.4) is 0 Å². The van der Waals surface area contributed by atoms with Crippen molar-refractivity contribution in [2.75, 3.05) is 0 Å². The van der Waals surface area contributed by atoms with E-state index in [2.05, 4.69) is 22.6 Å². The van der Waals surface area contributed by atoms with Crippen molar-refractivity contribution in [2.24, 2.45) is 0 Å². The van der Waals surface area contributed by atoms with Gasteiger partial charge in [-0.15, -0.1) is 0 Å². The molecule has 0 aliphatic heterocycles. The predicted molar refractivity (Wildman–Crippen MR) is 95.7 cm³/mol. The normalized spacial score (nSPS) is 11.5. The fourth-order valence-electron chi connectivity index (χ4n) is 2.29. The molecule has 0 unspecified atom stereocenters. The Kier molecular flexibility index (Phi) is 5.15. The van der Waals surface area contributed by atoms with Gasteiger partial charge in [0, 0.05) is 3.57 Å². The first-order valence-electron chi connectivity index (χ1n) is 6.91. The van der Waals surface area contributed by atoms with E-state index in [0.29, 0.717) is 9.79 Å². The summed E-state index contributed by atoms with van der Waals surface area (Å²) >= 11 is 2.16. The summed E-state index contributed by atoms with van der Waals surface area (Å²) in [6.07, 6.45) is 0. The molecule has 6 heteroatoms. The van der Waals surface area contributed by atoms with Crippen molar-refractivity contribution < 1.29 is 17.6 Å².